The van der Waals surface area contributed by atoms with Gasteiger partial charge in [0.1, 0.15) is 11.2 Å². The van der Waals surface area contributed by atoms with Crippen LogP contribution in [0.1, 0.15) is 33.4 Å². The quantitative estimate of drug-likeness (QED) is 0.211. The summed E-state index contributed by atoms with van der Waals surface area (Å²) in [5.74, 6) is 0. The van der Waals surface area contributed by atoms with Crippen LogP contribution in [0.4, 0.5) is 0 Å². The van der Waals surface area contributed by atoms with E-state index in [1.54, 1.807) is 0 Å². The van der Waals surface area contributed by atoms with Gasteiger partial charge in [-0.25, -0.2) is 0 Å². The van der Waals surface area contributed by atoms with Crippen molar-refractivity contribution in [3.8, 4) is 27.9 Å². The molecular formula is C44H29NO2. The third-order valence-corrected chi connectivity index (χ3v) is 10.5. The van der Waals surface area contributed by atoms with E-state index in [0.717, 1.165) is 83.1 Å². The molecule has 0 amide bonds. The molecule has 1 aromatic heterocycles. The lowest BCUT2D eigenvalue weighted by Crippen LogP contribution is -2.26. The molecule has 0 bridgehead atoms. The fraction of sp³-hybridized carbons (Fsp3) is 0.0455. The van der Waals surface area contributed by atoms with Gasteiger partial charge in [-0.15, -0.1) is 0 Å². The molecule has 7 aromatic carbocycles. The molecule has 0 unspecified atom stereocenters. The minimum absolute atomic E-state index is 0.815. The summed E-state index contributed by atoms with van der Waals surface area (Å²) in [6, 6.07) is 55.7. The molecule has 8 aromatic rings. The van der Waals surface area contributed by atoms with Crippen molar-refractivity contribution in [2.75, 3.05) is 0 Å². The summed E-state index contributed by atoms with van der Waals surface area (Å²) in [6.07, 6.45) is 0. The molecule has 0 aliphatic heterocycles. The maximum Gasteiger partial charge on any atom is 0.141 e. The highest BCUT2D eigenvalue weighted by molar-refractivity contribution is 6.10. The number of hydrogen-bond acceptors (Lipinski definition) is 2. The maximum absolute atomic E-state index is 12.8. The van der Waals surface area contributed by atoms with Crippen molar-refractivity contribution in [1.82, 2.24) is 4.57 Å². The summed E-state index contributed by atoms with van der Waals surface area (Å²) in [7, 11) is 0. The Morgan fingerprint density at radius 2 is 0.702 bits per heavy atom. The fourth-order valence-electron chi connectivity index (χ4n) is 8.37. The molecule has 1 heterocycles. The van der Waals surface area contributed by atoms with Gasteiger partial charge in [-0.3, -0.25) is 0 Å². The average molecular weight is 604 g/mol. The Kier molecular flexibility index (Phi) is 5.29. The largest absolute Gasteiger partial charge is 0.376 e. The van der Waals surface area contributed by atoms with E-state index in [0.29, 0.717) is 0 Å². The van der Waals surface area contributed by atoms with Gasteiger partial charge in [0, 0.05) is 38.7 Å². The van der Waals surface area contributed by atoms with E-state index >= 15 is 0 Å². The van der Waals surface area contributed by atoms with E-state index in [2.05, 4.69) is 89.5 Å². The van der Waals surface area contributed by atoms with Crippen molar-refractivity contribution < 1.29 is 10.2 Å². The first kappa shape index (κ1) is 26.5. The second-order valence-electron chi connectivity index (χ2n) is 12.7. The molecule has 47 heavy (non-hydrogen) atoms. The van der Waals surface area contributed by atoms with Crippen molar-refractivity contribution in [3.05, 3.63) is 197 Å². The SMILES string of the molecule is OC1(c2ccc3c(c2)c2cc(C4(O)c5ccccc5-c5ccccc54)ccc2n3-c2ccccc2)c2ccccc2-c2ccccc21. The average Bonchev–Trinajstić information content (AvgIpc) is 3.71. The van der Waals surface area contributed by atoms with Gasteiger partial charge in [0.2, 0.25) is 0 Å². The first-order valence-electron chi connectivity index (χ1n) is 16.1. The predicted molar refractivity (Wildman–Crippen MR) is 189 cm³/mol. The molecule has 0 atom stereocenters. The van der Waals surface area contributed by atoms with Crippen LogP contribution in [0.25, 0.3) is 49.7 Å². The van der Waals surface area contributed by atoms with Crippen LogP contribution in [-0.2, 0) is 11.2 Å². The predicted octanol–water partition coefficient (Wildman–Crippen LogP) is 9.31. The van der Waals surface area contributed by atoms with E-state index < -0.39 is 11.2 Å². The van der Waals surface area contributed by atoms with Gasteiger partial charge in [-0.05, 0) is 69.8 Å². The highest BCUT2D eigenvalue weighted by Gasteiger charge is 2.44. The lowest BCUT2D eigenvalue weighted by molar-refractivity contribution is 0.130. The summed E-state index contributed by atoms with van der Waals surface area (Å²) >= 11 is 0. The van der Waals surface area contributed by atoms with Crippen molar-refractivity contribution in [2.24, 2.45) is 0 Å². The molecule has 3 nitrogen and oxygen atoms in total. The minimum atomic E-state index is -1.30. The summed E-state index contributed by atoms with van der Waals surface area (Å²) < 4.78 is 2.28. The first-order valence-corrected chi connectivity index (χ1v) is 16.1. The molecule has 2 aliphatic carbocycles. The van der Waals surface area contributed by atoms with E-state index in [4.69, 9.17) is 0 Å². The molecule has 0 saturated heterocycles. The molecule has 10 rings (SSSR count). The van der Waals surface area contributed by atoms with Crippen LogP contribution in [0.15, 0.2) is 164 Å². The zero-order chi connectivity index (χ0) is 31.3. The molecular weight excluding hydrogens is 574 g/mol. The lowest BCUT2D eigenvalue weighted by atomic mass is 9.83. The number of benzene rings is 7. The van der Waals surface area contributed by atoms with E-state index in [1.807, 2.05) is 78.9 Å². The molecule has 0 spiro atoms. The lowest BCUT2D eigenvalue weighted by Gasteiger charge is -2.27. The van der Waals surface area contributed by atoms with Crippen LogP contribution in [0.3, 0.4) is 0 Å². The standard InChI is InChI=1S/C44H29NO2/c46-43(37-18-8-4-14-31(37)32-15-5-9-19-38(32)43)28-22-24-41-35(26-28)36-27-29(23-25-42(36)45(41)30-12-2-1-3-13-30)44(47)39-20-10-6-16-33(39)34-17-7-11-21-40(34)44/h1-27,46-47H. The molecule has 2 aliphatic rings. The number of rotatable bonds is 3. The van der Waals surface area contributed by atoms with Crippen LogP contribution in [0, 0.1) is 0 Å². The van der Waals surface area contributed by atoms with Crippen LogP contribution in [-0.4, -0.2) is 14.8 Å². The highest BCUT2D eigenvalue weighted by atomic mass is 16.3. The van der Waals surface area contributed by atoms with Gasteiger partial charge >= 0.3 is 0 Å². The Hall–Kier alpha value is -5.74. The molecule has 222 valence electrons. The number of fused-ring (bicyclic) bond motifs is 9. The van der Waals surface area contributed by atoms with E-state index in [9.17, 15) is 10.2 Å². The summed E-state index contributed by atoms with van der Waals surface area (Å²) in [6.45, 7) is 0. The van der Waals surface area contributed by atoms with Gasteiger partial charge in [0.15, 0.2) is 0 Å². The van der Waals surface area contributed by atoms with Gasteiger partial charge in [0.05, 0.1) is 11.0 Å². The zero-order valence-corrected chi connectivity index (χ0v) is 25.4. The van der Waals surface area contributed by atoms with E-state index in [-0.39, 0.29) is 0 Å². The monoisotopic (exact) mass is 603 g/mol. The Morgan fingerprint density at radius 3 is 1.09 bits per heavy atom. The molecule has 0 radical (unpaired) electrons. The van der Waals surface area contributed by atoms with Gasteiger partial charge in [0.25, 0.3) is 0 Å². The van der Waals surface area contributed by atoms with Gasteiger partial charge < -0.3 is 14.8 Å². The highest BCUT2D eigenvalue weighted by Crippen LogP contribution is 2.53. The Bertz CT molecular complexity index is 2310. The summed E-state index contributed by atoms with van der Waals surface area (Å²) in [5, 5.41) is 27.6. The topological polar surface area (TPSA) is 45.4 Å². The molecule has 3 heteroatoms. The van der Waals surface area contributed by atoms with Crippen molar-refractivity contribution in [2.45, 2.75) is 11.2 Å². The van der Waals surface area contributed by atoms with Gasteiger partial charge in [-0.2, -0.15) is 0 Å². The second-order valence-corrected chi connectivity index (χ2v) is 12.7. The normalized spacial score (nSPS) is 14.9. The van der Waals surface area contributed by atoms with Crippen molar-refractivity contribution >= 4 is 21.8 Å². The number of aromatic nitrogens is 1. The third-order valence-electron chi connectivity index (χ3n) is 10.5. The second kappa shape index (κ2) is 9.40. The van der Waals surface area contributed by atoms with Crippen molar-refractivity contribution in [1.29, 1.82) is 0 Å². The zero-order valence-electron chi connectivity index (χ0n) is 25.4. The Labute approximate surface area is 272 Å². The number of para-hydroxylation sites is 1. The van der Waals surface area contributed by atoms with Crippen LogP contribution >= 0.6 is 0 Å². The number of aliphatic hydroxyl groups is 2. The third kappa shape index (κ3) is 3.37. The maximum atomic E-state index is 12.8. The fourth-order valence-corrected chi connectivity index (χ4v) is 8.37. The smallest absolute Gasteiger partial charge is 0.141 e. The molecule has 2 N–H and O–H groups in total. The Balaban J connectivity index is 1.27. The number of nitrogens with zero attached hydrogens (tertiary/aromatic N) is 1. The molecule has 0 fully saturated rings. The molecule has 0 saturated carbocycles. The van der Waals surface area contributed by atoms with Gasteiger partial charge in [-0.1, -0.05) is 127 Å². The van der Waals surface area contributed by atoms with Crippen LogP contribution in [0.2, 0.25) is 0 Å². The van der Waals surface area contributed by atoms with E-state index in [1.165, 1.54) is 0 Å². The van der Waals surface area contributed by atoms with Crippen molar-refractivity contribution in [3.63, 3.8) is 0 Å². The Morgan fingerprint density at radius 1 is 0.362 bits per heavy atom. The minimum Gasteiger partial charge on any atom is -0.376 e. The first-order chi connectivity index (χ1) is 23.1. The van der Waals surface area contributed by atoms with Crippen LogP contribution < -0.4 is 0 Å². The number of hydrogen-bond donors (Lipinski definition) is 2. The summed E-state index contributed by atoms with van der Waals surface area (Å²) in [5.41, 5.74) is 9.93. The summed E-state index contributed by atoms with van der Waals surface area (Å²) in [4.78, 5) is 0. The van der Waals surface area contributed by atoms with Crippen LogP contribution in [0.5, 0.6) is 0 Å².